The van der Waals surface area contributed by atoms with Crippen LogP contribution in [-0.2, 0) is 9.63 Å². The first-order valence-electron chi connectivity index (χ1n) is 8.40. The van der Waals surface area contributed by atoms with Crippen LogP contribution in [0.15, 0.2) is 29.4 Å². The summed E-state index contributed by atoms with van der Waals surface area (Å²) in [6.07, 6.45) is 4.43. The third-order valence-electron chi connectivity index (χ3n) is 4.73. The standard InChI is InChI=1S/C18H24N2O3/c1-3-14-8-4-5-10-20(14)18(21)17-12-16(19-23-17)13-7-6-9-15(11-13)22-2/h6-7,9,11,14,17H,3-5,8,10,12H2,1-2H3/t14-,17+/m0/s1. The molecule has 0 saturated carbocycles. The molecule has 2 aliphatic rings. The molecule has 0 spiro atoms. The number of benzene rings is 1. The second kappa shape index (κ2) is 7.02. The summed E-state index contributed by atoms with van der Waals surface area (Å²) in [5, 5.41) is 4.14. The number of nitrogens with zero attached hydrogens (tertiary/aromatic N) is 2. The average molecular weight is 316 g/mol. The van der Waals surface area contributed by atoms with Gasteiger partial charge >= 0.3 is 0 Å². The number of carbonyl (C=O) groups excluding carboxylic acids is 1. The second-order valence-corrected chi connectivity index (χ2v) is 6.16. The molecular weight excluding hydrogens is 292 g/mol. The molecule has 2 aliphatic heterocycles. The molecule has 1 aromatic rings. The topological polar surface area (TPSA) is 51.1 Å². The number of methoxy groups -OCH3 is 1. The fourth-order valence-corrected chi connectivity index (χ4v) is 3.38. The molecule has 2 heterocycles. The number of ether oxygens (including phenoxy) is 1. The molecule has 1 saturated heterocycles. The Kier molecular flexibility index (Phi) is 4.84. The molecular formula is C18H24N2O3. The Hall–Kier alpha value is -2.04. The molecule has 1 fully saturated rings. The fraction of sp³-hybridized carbons (Fsp3) is 0.556. The second-order valence-electron chi connectivity index (χ2n) is 6.16. The van der Waals surface area contributed by atoms with Crippen molar-refractivity contribution < 1.29 is 14.4 Å². The van der Waals surface area contributed by atoms with Crippen LogP contribution < -0.4 is 4.74 Å². The van der Waals surface area contributed by atoms with E-state index in [0.29, 0.717) is 12.5 Å². The van der Waals surface area contributed by atoms with Crippen molar-refractivity contribution in [1.82, 2.24) is 4.90 Å². The van der Waals surface area contributed by atoms with E-state index in [0.717, 1.165) is 42.8 Å². The normalized spacial score (nSPS) is 24.1. The van der Waals surface area contributed by atoms with Crippen molar-refractivity contribution in [2.24, 2.45) is 5.16 Å². The maximum absolute atomic E-state index is 12.8. The summed E-state index contributed by atoms with van der Waals surface area (Å²) in [5.74, 6) is 0.861. The van der Waals surface area contributed by atoms with Crippen molar-refractivity contribution in [3.63, 3.8) is 0 Å². The molecule has 23 heavy (non-hydrogen) atoms. The molecule has 0 radical (unpaired) electrons. The van der Waals surface area contributed by atoms with E-state index in [1.54, 1.807) is 7.11 Å². The van der Waals surface area contributed by atoms with E-state index in [4.69, 9.17) is 9.57 Å². The van der Waals surface area contributed by atoms with Crippen LogP contribution >= 0.6 is 0 Å². The molecule has 1 amide bonds. The Bertz CT molecular complexity index is 600. The third-order valence-corrected chi connectivity index (χ3v) is 4.73. The molecule has 0 N–H and O–H groups in total. The van der Waals surface area contributed by atoms with E-state index in [1.807, 2.05) is 29.2 Å². The number of carbonyl (C=O) groups is 1. The number of rotatable bonds is 4. The van der Waals surface area contributed by atoms with Crippen LogP contribution in [-0.4, -0.2) is 42.3 Å². The molecule has 3 rings (SSSR count). The number of hydrogen-bond acceptors (Lipinski definition) is 4. The molecule has 0 bridgehead atoms. The van der Waals surface area contributed by atoms with E-state index < -0.39 is 6.10 Å². The zero-order chi connectivity index (χ0) is 16.2. The predicted molar refractivity (Wildman–Crippen MR) is 88.7 cm³/mol. The molecule has 5 nitrogen and oxygen atoms in total. The van der Waals surface area contributed by atoms with E-state index >= 15 is 0 Å². The minimum absolute atomic E-state index is 0.0817. The van der Waals surface area contributed by atoms with Gasteiger partial charge in [-0.2, -0.15) is 0 Å². The van der Waals surface area contributed by atoms with Crippen LogP contribution in [0.25, 0.3) is 0 Å². The fourth-order valence-electron chi connectivity index (χ4n) is 3.38. The number of hydrogen-bond donors (Lipinski definition) is 0. The average Bonchev–Trinajstić information content (AvgIpc) is 3.11. The van der Waals surface area contributed by atoms with Gasteiger partial charge in [0.1, 0.15) is 5.75 Å². The van der Waals surface area contributed by atoms with Crippen molar-refractivity contribution in [2.45, 2.75) is 51.2 Å². The lowest BCUT2D eigenvalue weighted by Gasteiger charge is -2.36. The van der Waals surface area contributed by atoms with Crippen LogP contribution in [0.2, 0.25) is 0 Å². The summed E-state index contributed by atoms with van der Waals surface area (Å²) in [7, 11) is 1.64. The molecule has 124 valence electrons. The number of piperidine rings is 1. The summed E-state index contributed by atoms with van der Waals surface area (Å²) in [5.41, 5.74) is 1.76. The molecule has 5 heteroatoms. The van der Waals surface area contributed by atoms with Gasteiger partial charge in [0, 0.05) is 24.6 Å². The lowest BCUT2D eigenvalue weighted by atomic mass is 9.98. The zero-order valence-electron chi connectivity index (χ0n) is 13.8. The molecule has 1 aromatic carbocycles. The maximum atomic E-state index is 12.8. The van der Waals surface area contributed by atoms with Gasteiger partial charge in [0.2, 0.25) is 6.10 Å². The zero-order valence-corrected chi connectivity index (χ0v) is 13.8. The van der Waals surface area contributed by atoms with E-state index in [-0.39, 0.29) is 5.91 Å². The molecule has 0 aromatic heterocycles. The first-order chi connectivity index (χ1) is 11.2. The van der Waals surface area contributed by atoms with E-state index in [9.17, 15) is 4.79 Å². The largest absolute Gasteiger partial charge is 0.497 e. The van der Waals surface area contributed by atoms with Gasteiger partial charge in [0.25, 0.3) is 5.91 Å². The highest BCUT2D eigenvalue weighted by atomic mass is 16.6. The Morgan fingerprint density at radius 2 is 2.30 bits per heavy atom. The SMILES string of the molecule is CC[C@H]1CCCCN1C(=O)[C@H]1CC(c2cccc(OC)c2)=NO1. The first kappa shape index (κ1) is 15.8. The van der Waals surface area contributed by atoms with Crippen LogP contribution in [0.5, 0.6) is 5.75 Å². The number of oxime groups is 1. The van der Waals surface area contributed by atoms with E-state index in [1.165, 1.54) is 6.42 Å². The van der Waals surface area contributed by atoms with Crippen LogP contribution in [0.4, 0.5) is 0 Å². The Balaban J connectivity index is 1.67. The molecule has 2 atom stereocenters. The van der Waals surface area contributed by atoms with Crippen molar-refractivity contribution in [3.8, 4) is 5.75 Å². The monoisotopic (exact) mass is 316 g/mol. The Morgan fingerprint density at radius 1 is 1.43 bits per heavy atom. The quantitative estimate of drug-likeness (QED) is 0.858. The van der Waals surface area contributed by atoms with Gasteiger partial charge in [0.15, 0.2) is 0 Å². The minimum Gasteiger partial charge on any atom is -0.497 e. The highest BCUT2D eigenvalue weighted by Crippen LogP contribution is 2.25. The van der Waals surface area contributed by atoms with Crippen molar-refractivity contribution >= 4 is 11.6 Å². The van der Waals surface area contributed by atoms with Crippen molar-refractivity contribution in [3.05, 3.63) is 29.8 Å². The van der Waals surface area contributed by atoms with Crippen LogP contribution in [0.3, 0.4) is 0 Å². The summed E-state index contributed by atoms with van der Waals surface area (Å²) in [6, 6.07) is 8.05. The minimum atomic E-state index is -0.483. The highest BCUT2D eigenvalue weighted by molar-refractivity contribution is 6.04. The summed E-state index contributed by atoms with van der Waals surface area (Å²) < 4.78 is 5.24. The van der Waals surface area contributed by atoms with Crippen LogP contribution in [0.1, 0.15) is 44.6 Å². The molecule has 0 aliphatic carbocycles. The van der Waals surface area contributed by atoms with Gasteiger partial charge in [-0.05, 0) is 37.8 Å². The Morgan fingerprint density at radius 3 is 3.09 bits per heavy atom. The van der Waals surface area contributed by atoms with Gasteiger partial charge in [-0.25, -0.2) is 0 Å². The molecule has 0 unspecified atom stereocenters. The van der Waals surface area contributed by atoms with Gasteiger partial charge in [-0.1, -0.05) is 24.2 Å². The van der Waals surface area contributed by atoms with Gasteiger partial charge < -0.3 is 14.5 Å². The number of amides is 1. The third kappa shape index (κ3) is 3.33. The van der Waals surface area contributed by atoms with Crippen LogP contribution in [0, 0.1) is 0 Å². The lowest BCUT2D eigenvalue weighted by molar-refractivity contribution is -0.146. The summed E-state index contributed by atoms with van der Waals surface area (Å²) in [6.45, 7) is 2.98. The smallest absolute Gasteiger partial charge is 0.267 e. The summed E-state index contributed by atoms with van der Waals surface area (Å²) in [4.78, 5) is 20.2. The van der Waals surface area contributed by atoms with Gasteiger partial charge in [-0.3, -0.25) is 4.79 Å². The lowest BCUT2D eigenvalue weighted by Crippen LogP contribution is -2.48. The van der Waals surface area contributed by atoms with Crippen molar-refractivity contribution in [2.75, 3.05) is 13.7 Å². The number of likely N-dealkylation sites (tertiary alicyclic amines) is 1. The van der Waals surface area contributed by atoms with Gasteiger partial charge in [-0.15, -0.1) is 0 Å². The van der Waals surface area contributed by atoms with Gasteiger partial charge in [0.05, 0.1) is 12.8 Å². The maximum Gasteiger partial charge on any atom is 0.267 e. The Labute approximate surface area is 137 Å². The van der Waals surface area contributed by atoms with Crippen molar-refractivity contribution in [1.29, 1.82) is 0 Å². The van der Waals surface area contributed by atoms with E-state index in [2.05, 4.69) is 12.1 Å². The predicted octanol–water partition coefficient (Wildman–Crippen LogP) is 2.98. The first-order valence-corrected chi connectivity index (χ1v) is 8.40. The highest BCUT2D eigenvalue weighted by Gasteiger charge is 2.35. The summed E-state index contributed by atoms with van der Waals surface area (Å²) >= 11 is 0.